The Morgan fingerprint density at radius 2 is 1.74 bits per heavy atom. The Balaban J connectivity index is 2.78. The molecule has 0 amide bonds. The fourth-order valence-corrected chi connectivity index (χ4v) is 1.74. The Morgan fingerprint density at radius 1 is 1.11 bits per heavy atom. The molecule has 0 N–H and O–H groups in total. The van der Waals surface area contributed by atoms with Gasteiger partial charge in [0.25, 0.3) is 0 Å². The van der Waals surface area contributed by atoms with Gasteiger partial charge in [0.05, 0.1) is 0 Å². The summed E-state index contributed by atoms with van der Waals surface area (Å²) in [5.74, 6) is 0. The number of hydrogen-bond acceptors (Lipinski definition) is 0. The van der Waals surface area contributed by atoms with E-state index in [2.05, 4.69) is 58.2 Å². The lowest BCUT2D eigenvalue weighted by molar-refractivity contribution is 1.21. The first kappa shape index (κ1) is 15.1. The van der Waals surface area contributed by atoms with Gasteiger partial charge < -0.3 is 0 Å². The van der Waals surface area contributed by atoms with Crippen LogP contribution in [0.2, 0.25) is 0 Å². The van der Waals surface area contributed by atoms with E-state index >= 15 is 0 Å². The summed E-state index contributed by atoms with van der Waals surface area (Å²) in [5, 5.41) is 0. The van der Waals surface area contributed by atoms with Crippen molar-refractivity contribution in [1.82, 2.24) is 0 Å². The van der Waals surface area contributed by atoms with Crippen LogP contribution in [-0.2, 0) is 0 Å². The van der Waals surface area contributed by atoms with Crippen LogP contribution in [0, 0.1) is 19.1 Å². The first-order chi connectivity index (χ1) is 8.91. The minimum absolute atomic E-state index is 0.874. The highest BCUT2D eigenvalue weighted by molar-refractivity contribution is 5.67. The summed E-state index contributed by atoms with van der Waals surface area (Å²) in [6, 6.07) is 9.86. The van der Waals surface area contributed by atoms with E-state index in [1.807, 2.05) is 19.1 Å². The van der Waals surface area contributed by atoms with Crippen LogP contribution in [0.3, 0.4) is 0 Å². The van der Waals surface area contributed by atoms with Gasteiger partial charge in [-0.15, -0.1) is 0 Å². The molecule has 0 heterocycles. The molecule has 0 aliphatic rings. The maximum atomic E-state index is 4.17. The van der Waals surface area contributed by atoms with E-state index in [0.29, 0.717) is 0 Å². The van der Waals surface area contributed by atoms with Crippen molar-refractivity contribution < 1.29 is 0 Å². The van der Waals surface area contributed by atoms with Gasteiger partial charge in [0.15, 0.2) is 0 Å². The molecule has 0 aliphatic carbocycles. The van der Waals surface area contributed by atoms with Crippen LogP contribution >= 0.6 is 0 Å². The smallest absolute Gasteiger partial charge is 0.00372 e. The number of hydrogen-bond donors (Lipinski definition) is 0. The largest absolute Gasteiger partial charge is 0.0958 e. The third-order valence-corrected chi connectivity index (χ3v) is 3.18. The molecule has 0 atom stereocenters. The Bertz CT molecular complexity index is 539. The zero-order chi connectivity index (χ0) is 14.4. The van der Waals surface area contributed by atoms with Gasteiger partial charge in [-0.25, -0.2) is 0 Å². The van der Waals surface area contributed by atoms with Gasteiger partial charge in [0.1, 0.15) is 0 Å². The minimum atomic E-state index is 0.874. The van der Waals surface area contributed by atoms with Crippen LogP contribution in [-0.4, -0.2) is 0 Å². The normalized spacial score (nSPS) is 12.0. The van der Waals surface area contributed by atoms with Crippen LogP contribution < -0.4 is 0 Å². The van der Waals surface area contributed by atoms with Crippen LogP contribution in [0.15, 0.2) is 54.2 Å². The molecule has 1 rings (SSSR count). The second-order valence-electron chi connectivity index (χ2n) is 5.10. The molecule has 1 aromatic rings. The van der Waals surface area contributed by atoms with Crippen LogP contribution in [0.5, 0.6) is 0 Å². The van der Waals surface area contributed by atoms with Gasteiger partial charge in [0, 0.05) is 0 Å². The molecular weight excluding hydrogens is 228 g/mol. The summed E-state index contributed by atoms with van der Waals surface area (Å²) in [7, 11) is 0. The zero-order valence-corrected chi connectivity index (χ0v) is 12.4. The number of allylic oxidation sites excluding steroid dienone is 6. The standard InChI is InChI=1S/C19H22/c1-14(2)16(4)12-11-15(3)13-18(6)19-10-8-7-9-17(19)5/h9-12H,1,6,13H2,2-5H3/b15-11+,16-12+. The summed E-state index contributed by atoms with van der Waals surface area (Å²) in [4.78, 5) is 0. The number of aryl methyl sites for hydroxylation is 1. The monoisotopic (exact) mass is 250 g/mol. The second-order valence-corrected chi connectivity index (χ2v) is 5.10. The maximum Gasteiger partial charge on any atom is -0.00372 e. The third kappa shape index (κ3) is 4.64. The van der Waals surface area contributed by atoms with Crippen molar-refractivity contribution in [3.05, 3.63) is 77.4 Å². The minimum Gasteiger partial charge on any atom is -0.0958 e. The number of rotatable bonds is 5. The SMILES string of the molecule is C=C(C)/C(C)=C/C=C(\C)CC(=C)c1cc#ccc1C. The van der Waals surface area contributed by atoms with Crippen molar-refractivity contribution in [1.29, 1.82) is 0 Å². The van der Waals surface area contributed by atoms with Crippen molar-refractivity contribution in [3.63, 3.8) is 0 Å². The molecule has 0 aliphatic heterocycles. The predicted octanol–water partition coefficient (Wildman–Crippen LogP) is 5.47. The fraction of sp³-hybridized carbons (Fsp3) is 0.263. The fourth-order valence-electron chi connectivity index (χ4n) is 1.74. The lowest BCUT2D eigenvalue weighted by atomic mass is 9.97. The highest BCUT2D eigenvalue weighted by Crippen LogP contribution is 2.22. The van der Waals surface area contributed by atoms with Crippen molar-refractivity contribution in [3.8, 4) is 0 Å². The Labute approximate surface area is 117 Å². The summed E-state index contributed by atoms with van der Waals surface area (Å²) in [5.41, 5.74) is 7.10. The van der Waals surface area contributed by atoms with Crippen LogP contribution in [0.1, 0.15) is 38.3 Å². The lowest BCUT2D eigenvalue weighted by Crippen LogP contribution is -1.88. The molecule has 0 radical (unpaired) electrons. The first-order valence-electron chi connectivity index (χ1n) is 6.48. The molecule has 0 fully saturated rings. The Kier molecular flexibility index (Phi) is 5.39. The molecule has 0 nitrogen and oxygen atoms in total. The molecule has 0 heteroatoms. The Hall–Kier alpha value is -2.00. The molecular formula is C19H22. The van der Waals surface area contributed by atoms with Crippen molar-refractivity contribution >= 4 is 5.57 Å². The van der Waals surface area contributed by atoms with Gasteiger partial charge in [-0.3, -0.25) is 0 Å². The Morgan fingerprint density at radius 3 is 2.32 bits per heavy atom. The molecule has 0 spiro atoms. The summed E-state index contributed by atoms with van der Waals surface area (Å²) < 4.78 is 0. The van der Waals surface area contributed by atoms with E-state index in [0.717, 1.165) is 17.6 Å². The highest BCUT2D eigenvalue weighted by atomic mass is 14.1. The highest BCUT2D eigenvalue weighted by Gasteiger charge is 2.02. The van der Waals surface area contributed by atoms with E-state index in [1.54, 1.807) is 0 Å². The van der Waals surface area contributed by atoms with Crippen LogP contribution in [0.4, 0.5) is 0 Å². The van der Waals surface area contributed by atoms with Gasteiger partial charge in [-0.05, 0) is 68.5 Å². The average molecular weight is 250 g/mol. The average Bonchev–Trinajstić information content (AvgIpc) is 2.36. The topological polar surface area (TPSA) is 0 Å². The van der Waals surface area contributed by atoms with Crippen molar-refractivity contribution in [2.75, 3.05) is 0 Å². The molecule has 1 aromatic carbocycles. The molecule has 0 bridgehead atoms. The van der Waals surface area contributed by atoms with E-state index in [-0.39, 0.29) is 0 Å². The summed E-state index contributed by atoms with van der Waals surface area (Å²) in [6.07, 6.45) is 5.13. The van der Waals surface area contributed by atoms with Crippen LogP contribution in [0.25, 0.3) is 5.57 Å². The van der Waals surface area contributed by atoms with Gasteiger partial charge >= 0.3 is 0 Å². The van der Waals surface area contributed by atoms with E-state index in [1.165, 1.54) is 22.3 Å². The molecule has 19 heavy (non-hydrogen) atoms. The first-order valence-corrected chi connectivity index (χ1v) is 6.48. The lowest BCUT2D eigenvalue weighted by Gasteiger charge is -2.08. The van der Waals surface area contributed by atoms with E-state index in [9.17, 15) is 0 Å². The molecule has 0 saturated heterocycles. The van der Waals surface area contributed by atoms with Gasteiger partial charge in [0.2, 0.25) is 0 Å². The summed E-state index contributed by atoms with van der Waals surface area (Å²) >= 11 is 0. The van der Waals surface area contributed by atoms with Crippen molar-refractivity contribution in [2.24, 2.45) is 0 Å². The van der Waals surface area contributed by atoms with E-state index < -0.39 is 0 Å². The van der Waals surface area contributed by atoms with Gasteiger partial charge in [-0.1, -0.05) is 48.6 Å². The maximum absolute atomic E-state index is 4.17. The second kappa shape index (κ2) is 6.81. The quantitative estimate of drug-likeness (QED) is 0.608. The molecule has 0 unspecified atom stereocenters. The molecule has 0 aromatic heterocycles. The van der Waals surface area contributed by atoms with Gasteiger partial charge in [-0.2, -0.15) is 0 Å². The van der Waals surface area contributed by atoms with Crippen molar-refractivity contribution in [2.45, 2.75) is 34.1 Å². The predicted molar refractivity (Wildman–Crippen MR) is 84.8 cm³/mol. The zero-order valence-electron chi connectivity index (χ0n) is 12.4. The van der Waals surface area contributed by atoms with E-state index in [4.69, 9.17) is 0 Å². The molecule has 0 saturated carbocycles. The third-order valence-electron chi connectivity index (χ3n) is 3.18. The molecule has 98 valence electrons. The summed E-state index contributed by atoms with van der Waals surface area (Å²) in [6.45, 7) is 16.4.